The van der Waals surface area contributed by atoms with Crippen molar-refractivity contribution < 1.29 is 9.53 Å². The molecule has 1 heterocycles. The minimum Gasteiger partial charge on any atom is -0.458 e. The number of hydrogen-bond acceptors (Lipinski definition) is 3. The summed E-state index contributed by atoms with van der Waals surface area (Å²) in [6, 6.07) is 11.8. The molecular weight excluding hydrogens is 238 g/mol. The summed E-state index contributed by atoms with van der Waals surface area (Å²) in [5.74, 6) is -0.414. The number of benzene rings is 1. The van der Waals surface area contributed by atoms with Crippen LogP contribution in [0.1, 0.15) is 11.3 Å². The third kappa shape index (κ3) is 3.52. The molecule has 0 fully saturated rings. The van der Waals surface area contributed by atoms with Gasteiger partial charge in [-0.25, -0.2) is 4.79 Å². The molecular formula is C16H15NO2. The topological polar surface area (TPSA) is 39.2 Å². The first-order valence-corrected chi connectivity index (χ1v) is 6.00. The Morgan fingerprint density at radius 3 is 2.84 bits per heavy atom. The summed E-state index contributed by atoms with van der Waals surface area (Å²) in [5, 5.41) is 0. The van der Waals surface area contributed by atoms with E-state index in [1.54, 1.807) is 0 Å². The molecule has 2 aromatic rings. The van der Waals surface area contributed by atoms with Crippen LogP contribution in [0.15, 0.2) is 55.3 Å². The largest absolute Gasteiger partial charge is 0.458 e. The molecule has 0 atom stereocenters. The van der Waals surface area contributed by atoms with Gasteiger partial charge in [0.2, 0.25) is 0 Å². The van der Waals surface area contributed by atoms with Crippen LogP contribution in [0.3, 0.4) is 0 Å². The second kappa shape index (κ2) is 5.96. The van der Waals surface area contributed by atoms with Crippen LogP contribution in [-0.4, -0.2) is 11.0 Å². The van der Waals surface area contributed by atoms with E-state index in [4.69, 9.17) is 4.74 Å². The number of carbonyl (C=O) groups is 1. The van der Waals surface area contributed by atoms with Gasteiger partial charge in [0.15, 0.2) is 0 Å². The summed E-state index contributed by atoms with van der Waals surface area (Å²) in [5.41, 5.74) is 4.02. The van der Waals surface area contributed by atoms with Crippen LogP contribution in [0.25, 0.3) is 11.1 Å². The van der Waals surface area contributed by atoms with Crippen molar-refractivity contribution in [3.05, 3.63) is 66.5 Å². The number of rotatable bonds is 4. The van der Waals surface area contributed by atoms with E-state index < -0.39 is 5.97 Å². The molecule has 0 bridgehead atoms. The molecule has 0 aliphatic rings. The molecule has 0 unspecified atom stereocenters. The van der Waals surface area contributed by atoms with Gasteiger partial charge in [-0.3, -0.25) is 4.98 Å². The maximum atomic E-state index is 11.0. The molecule has 1 aromatic heterocycles. The average Bonchev–Trinajstić information content (AvgIpc) is 2.46. The Hall–Kier alpha value is -2.42. The Bertz CT molecular complexity index is 588. The van der Waals surface area contributed by atoms with E-state index in [-0.39, 0.29) is 6.61 Å². The highest BCUT2D eigenvalue weighted by Crippen LogP contribution is 2.20. The molecule has 3 nitrogen and oxygen atoms in total. The lowest BCUT2D eigenvalue weighted by molar-refractivity contribution is -0.138. The van der Waals surface area contributed by atoms with Crippen molar-refractivity contribution in [2.45, 2.75) is 13.5 Å². The molecule has 0 aliphatic carbocycles. The van der Waals surface area contributed by atoms with E-state index in [1.807, 2.05) is 49.5 Å². The SMILES string of the molecule is C=CC(=O)OCc1cccc(-c2ccc(C)nc2)c1. The van der Waals surface area contributed by atoms with Crippen molar-refractivity contribution in [1.82, 2.24) is 4.98 Å². The highest BCUT2D eigenvalue weighted by molar-refractivity contribution is 5.81. The second-order valence-corrected chi connectivity index (χ2v) is 4.20. The third-order valence-corrected chi connectivity index (χ3v) is 2.72. The van der Waals surface area contributed by atoms with Crippen LogP contribution in [0, 0.1) is 6.92 Å². The number of ether oxygens (including phenoxy) is 1. The van der Waals surface area contributed by atoms with E-state index in [9.17, 15) is 4.79 Å². The number of esters is 1. The van der Waals surface area contributed by atoms with Crippen molar-refractivity contribution in [2.75, 3.05) is 0 Å². The molecule has 96 valence electrons. The standard InChI is InChI=1S/C16H15NO2/c1-3-16(18)19-11-13-5-4-6-14(9-13)15-8-7-12(2)17-10-15/h3-10H,1,11H2,2H3. The van der Waals surface area contributed by atoms with Crippen molar-refractivity contribution in [3.8, 4) is 11.1 Å². The Labute approximate surface area is 112 Å². The van der Waals surface area contributed by atoms with Gasteiger partial charge >= 0.3 is 5.97 Å². The minimum absolute atomic E-state index is 0.248. The Balaban J connectivity index is 2.17. The van der Waals surface area contributed by atoms with Gasteiger partial charge in [0.25, 0.3) is 0 Å². The summed E-state index contributed by atoms with van der Waals surface area (Å²) in [4.78, 5) is 15.3. The summed E-state index contributed by atoms with van der Waals surface area (Å²) in [6.45, 7) is 5.56. The zero-order valence-corrected chi connectivity index (χ0v) is 10.8. The number of aryl methyl sites for hydroxylation is 1. The van der Waals surface area contributed by atoms with Gasteiger partial charge in [-0.15, -0.1) is 0 Å². The highest BCUT2D eigenvalue weighted by Gasteiger charge is 2.02. The van der Waals surface area contributed by atoms with Crippen LogP contribution in [-0.2, 0) is 16.1 Å². The maximum absolute atomic E-state index is 11.0. The first-order valence-electron chi connectivity index (χ1n) is 6.00. The molecule has 0 saturated heterocycles. The fourth-order valence-electron chi connectivity index (χ4n) is 1.69. The number of carbonyl (C=O) groups excluding carboxylic acids is 1. The molecule has 0 amide bonds. The summed E-state index contributed by atoms with van der Waals surface area (Å²) in [6.07, 6.45) is 3.00. The normalized spacial score (nSPS) is 9.95. The molecule has 0 spiro atoms. The smallest absolute Gasteiger partial charge is 0.330 e. The van der Waals surface area contributed by atoms with E-state index >= 15 is 0 Å². The first-order chi connectivity index (χ1) is 9.19. The van der Waals surface area contributed by atoms with Crippen LogP contribution >= 0.6 is 0 Å². The number of pyridine rings is 1. The van der Waals surface area contributed by atoms with Crippen LogP contribution in [0.2, 0.25) is 0 Å². The number of nitrogens with zero attached hydrogens (tertiary/aromatic N) is 1. The molecule has 2 rings (SSSR count). The van der Waals surface area contributed by atoms with E-state index in [0.717, 1.165) is 28.5 Å². The summed E-state index contributed by atoms with van der Waals surface area (Å²) in [7, 11) is 0. The van der Waals surface area contributed by atoms with Crippen LogP contribution in [0.4, 0.5) is 0 Å². The Morgan fingerprint density at radius 1 is 1.32 bits per heavy atom. The quantitative estimate of drug-likeness (QED) is 0.620. The molecule has 1 aromatic carbocycles. The fraction of sp³-hybridized carbons (Fsp3) is 0.125. The second-order valence-electron chi connectivity index (χ2n) is 4.20. The van der Waals surface area contributed by atoms with E-state index in [1.165, 1.54) is 0 Å². The Kier molecular flexibility index (Phi) is 4.08. The molecule has 0 saturated carbocycles. The lowest BCUT2D eigenvalue weighted by atomic mass is 10.0. The molecule has 19 heavy (non-hydrogen) atoms. The van der Waals surface area contributed by atoms with Gasteiger partial charge in [-0.1, -0.05) is 30.8 Å². The minimum atomic E-state index is -0.414. The van der Waals surface area contributed by atoms with Gasteiger partial charge in [0.1, 0.15) is 6.61 Å². The maximum Gasteiger partial charge on any atom is 0.330 e. The van der Waals surface area contributed by atoms with Crippen LogP contribution < -0.4 is 0 Å². The van der Waals surface area contributed by atoms with Gasteiger partial charge in [0, 0.05) is 23.5 Å². The average molecular weight is 253 g/mol. The molecule has 3 heteroatoms. The van der Waals surface area contributed by atoms with Gasteiger partial charge in [0.05, 0.1) is 0 Å². The lowest BCUT2D eigenvalue weighted by Crippen LogP contribution is -2.00. The van der Waals surface area contributed by atoms with Crippen molar-refractivity contribution in [1.29, 1.82) is 0 Å². The van der Waals surface area contributed by atoms with Crippen molar-refractivity contribution in [2.24, 2.45) is 0 Å². The van der Waals surface area contributed by atoms with Crippen molar-refractivity contribution >= 4 is 5.97 Å². The number of aromatic nitrogens is 1. The van der Waals surface area contributed by atoms with Gasteiger partial charge in [-0.05, 0) is 30.2 Å². The zero-order valence-electron chi connectivity index (χ0n) is 10.8. The van der Waals surface area contributed by atoms with Crippen LogP contribution in [0.5, 0.6) is 0 Å². The Morgan fingerprint density at radius 2 is 2.16 bits per heavy atom. The highest BCUT2D eigenvalue weighted by atomic mass is 16.5. The molecule has 0 radical (unpaired) electrons. The predicted octanol–water partition coefficient (Wildman–Crippen LogP) is 3.29. The number of hydrogen-bond donors (Lipinski definition) is 0. The monoisotopic (exact) mass is 253 g/mol. The summed E-state index contributed by atoms with van der Waals surface area (Å²) < 4.78 is 5.01. The van der Waals surface area contributed by atoms with Gasteiger partial charge in [-0.2, -0.15) is 0 Å². The molecule has 0 N–H and O–H groups in total. The predicted molar refractivity (Wildman–Crippen MR) is 74.4 cm³/mol. The summed E-state index contributed by atoms with van der Waals surface area (Å²) >= 11 is 0. The van der Waals surface area contributed by atoms with Gasteiger partial charge < -0.3 is 4.74 Å². The first kappa shape index (κ1) is 13.0. The van der Waals surface area contributed by atoms with E-state index in [2.05, 4.69) is 11.6 Å². The molecule has 0 aliphatic heterocycles. The van der Waals surface area contributed by atoms with E-state index in [0.29, 0.717) is 0 Å². The zero-order chi connectivity index (χ0) is 13.7. The third-order valence-electron chi connectivity index (χ3n) is 2.72. The fourth-order valence-corrected chi connectivity index (χ4v) is 1.69. The van der Waals surface area contributed by atoms with Crippen molar-refractivity contribution in [3.63, 3.8) is 0 Å². The lowest BCUT2D eigenvalue weighted by Gasteiger charge is -2.06.